The van der Waals surface area contributed by atoms with Crippen LogP contribution in [0.5, 0.6) is 0 Å². The summed E-state index contributed by atoms with van der Waals surface area (Å²) in [7, 11) is 0. The topological polar surface area (TPSA) is 57.3 Å². The maximum Gasteiger partial charge on any atom is 0.257 e. The number of carbonyl (C=O) groups is 1. The molecule has 0 bridgehead atoms. The maximum absolute atomic E-state index is 13.3. The molecule has 3 aromatic rings. The first kappa shape index (κ1) is 20.3. The van der Waals surface area contributed by atoms with Gasteiger partial charge >= 0.3 is 0 Å². The molecule has 2 N–H and O–H groups in total. The van der Waals surface area contributed by atoms with E-state index in [9.17, 15) is 13.6 Å². The highest BCUT2D eigenvalue weighted by molar-refractivity contribution is 6.04. The molecule has 5 nitrogen and oxygen atoms in total. The number of aromatic nitrogens is 1. The molecule has 0 saturated heterocycles. The fourth-order valence-electron chi connectivity index (χ4n) is 2.87. The molecule has 0 aliphatic rings. The lowest BCUT2D eigenvalue weighted by atomic mass is 10.2. The first-order valence-corrected chi connectivity index (χ1v) is 9.34. The summed E-state index contributed by atoms with van der Waals surface area (Å²) in [5, 5.41) is 5.70. The molecule has 7 heteroatoms. The number of carbonyl (C=O) groups excluding carboxylic acids is 1. The SMILES string of the molecule is CCN(CC)c1ccc(NC(=O)c2ccc(Nc3ccc(F)c(F)c3)nc2)cc1. The molecule has 0 aliphatic heterocycles. The molecule has 2 aromatic carbocycles. The highest BCUT2D eigenvalue weighted by Gasteiger charge is 2.09. The van der Waals surface area contributed by atoms with Crippen LogP contribution in [0.1, 0.15) is 24.2 Å². The Morgan fingerprint density at radius 2 is 1.62 bits per heavy atom. The average molecular weight is 396 g/mol. The molecule has 0 fully saturated rings. The van der Waals surface area contributed by atoms with Gasteiger partial charge in [-0.25, -0.2) is 13.8 Å². The van der Waals surface area contributed by atoms with Gasteiger partial charge in [-0.05, 0) is 62.4 Å². The first-order valence-electron chi connectivity index (χ1n) is 9.34. The first-order chi connectivity index (χ1) is 14.0. The Morgan fingerprint density at radius 3 is 2.21 bits per heavy atom. The summed E-state index contributed by atoms with van der Waals surface area (Å²) < 4.78 is 26.3. The second-order valence-electron chi connectivity index (χ2n) is 6.36. The number of nitrogens with zero attached hydrogens (tertiary/aromatic N) is 2. The summed E-state index contributed by atoms with van der Waals surface area (Å²) in [6, 6.07) is 14.3. The smallest absolute Gasteiger partial charge is 0.257 e. The minimum absolute atomic E-state index is 0.285. The summed E-state index contributed by atoms with van der Waals surface area (Å²) in [5.74, 6) is -1.73. The molecule has 0 spiro atoms. The van der Waals surface area contributed by atoms with Crippen molar-refractivity contribution < 1.29 is 13.6 Å². The van der Waals surface area contributed by atoms with E-state index >= 15 is 0 Å². The van der Waals surface area contributed by atoms with Crippen LogP contribution in [-0.2, 0) is 0 Å². The average Bonchev–Trinajstić information content (AvgIpc) is 2.73. The predicted octanol–water partition coefficient (Wildman–Crippen LogP) is 5.20. The predicted molar refractivity (Wildman–Crippen MR) is 112 cm³/mol. The molecule has 29 heavy (non-hydrogen) atoms. The third-order valence-electron chi connectivity index (χ3n) is 4.47. The van der Waals surface area contributed by atoms with Crippen molar-refractivity contribution in [3.63, 3.8) is 0 Å². The molecule has 0 aliphatic carbocycles. The molecule has 1 amide bonds. The Labute approximate surface area is 168 Å². The molecule has 150 valence electrons. The van der Waals surface area contributed by atoms with E-state index in [0.717, 1.165) is 30.9 Å². The number of benzene rings is 2. The van der Waals surface area contributed by atoms with Crippen molar-refractivity contribution in [2.24, 2.45) is 0 Å². The summed E-state index contributed by atoms with van der Waals surface area (Å²) in [6.07, 6.45) is 1.42. The fourth-order valence-corrected chi connectivity index (χ4v) is 2.87. The highest BCUT2D eigenvalue weighted by Crippen LogP contribution is 2.20. The Balaban J connectivity index is 1.63. The lowest BCUT2D eigenvalue weighted by Crippen LogP contribution is -2.21. The van der Waals surface area contributed by atoms with Gasteiger partial charge in [-0.3, -0.25) is 4.79 Å². The van der Waals surface area contributed by atoms with Crippen molar-refractivity contribution in [2.75, 3.05) is 28.6 Å². The van der Waals surface area contributed by atoms with Crippen LogP contribution in [0, 0.1) is 11.6 Å². The molecular formula is C22H22F2N4O. The van der Waals surface area contributed by atoms with E-state index < -0.39 is 11.6 Å². The van der Waals surface area contributed by atoms with Gasteiger partial charge in [0.15, 0.2) is 11.6 Å². The molecule has 1 heterocycles. The second-order valence-corrected chi connectivity index (χ2v) is 6.36. The Bertz CT molecular complexity index is 971. The van der Waals surface area contributed by atoms with E-state index in [1.54, 1.807) is 12.1 Å². The van der Waals surface area contributed by atoms with Crippen molar-refractivity contribution in [1.29, 1.82) is 0 Å². The van der Waals surface area contributed by atoms with Crippen LogP contribution >= 0.6 is 0 Å². The summed E-state index contributed by atoms with van der Waals surface area (Å²) in [4.78, 5) is 18.8. The zero-order valence-corrected chi connectivity index (χ0v) is 16.2. The molecule has 0 unspecified atom stereocenters. The van der Waals surface area contributed by atoms with Gasteiger partial charge in [0, 0.05) is 42.4 Å². The number of hydrogen-bond donors (Lipinski definition) is 2. The Kier molecular flexibility index (Phi) is 6.39. The zero-order chi connectivity index (χ0) is 20.8. The lowest BCUT2D eigenvalue weighted by Gasteiger charge is -2.21. The molecule has 0 atom stereocenters. The quantitative estimate of drug-likeness (QED) is 0.576. The molecule has 0 radical (unpaired) electrons. The lowest BCUT2D eigenvalue weighted by molar-refractivity contribution is 0.102. The van der Waals surface area contributed by atoms with E-state index in [1.165, 1.54) is 12.3 Å². The van der Waals surface area contributed by atoms with Gasteiger partial charge in [0.2, 0.25) is 0 Å². The van der Waals surface area contributed by atoms with Crippen LogP contribution in [0.15, 0.2) is 60.8 Å². The van der Waals surface area contributed by atoms with Gasteiger partial charge in [0.1, 0.15) is 5.82 Å². The third-order valence-corrected chi connectivity index (χ3v) is 4.47. The normalized spacial score (nSPS) is 10.5. The van der Waals surface area contributed by atoms with Crippen LogP contribution in [0.4, 0.5) is 31.7 Å². The van der Waals surface area contributed by atoms with E-state index in [1.807, 2.05) is 24.3 Å². The van der Waals surface area contributed by atoms with E-state index in [0.29, 0.717) is 22.8 Å². The van der Waals surface area contributed by atoms with Crippen molar-refractivity contribution in [2.45, 2.75) is 13.8 Å². The largest absolute Gasteiger partial charge is 0.372 e. The number of anilines is 4. The summed E-state index contributed by atoms with van der Waals surface area (Å²) in [6.45, 7) is 6.02. The minimum atomic E-state index is -0.946. The van der Waals surface area contributed by atoms with Gasteiger partial charge in [-0.2, -0.15) is 0 Å². The van der Waals surface area contributed by atoms with Crippen molar-refractivity contribution in [1.82, 2.24) is 4.98 Å². The minimum Gasteiger partial charge on any atom is -0.372 e. The Morgan fingerprint density at radius 1 is 0.931 bits per heavy atom. The van der Waals surface area contributed by atoms with Crippen molar-refractivity contribution in [3.05, 3.63) is 78.0 Å². The van der Waals surface area contributed by atoms with E-state index in [-0.39, 0.29) is 5.91 Å². The highest BCUT2D eigenvalue weighted by atomic mass is 19.2. The van der Waals surface area contributed by atoms with Crippen LogP contribution in [0.3, 0.4) is 0 Å². The van der Waals surface area contributed by atoms with Gasteiger partial charge in [0.25, 0.3) is 5.91 Å². The third kappa shape index (κ3) is 5.07. The number of hydrogen-bond acceptors (Lipinski definition) is 4. The number of halogens is 2. The number of rotatable bonds is 7. The van der Waals surface area contributed by atoms with Gasteiger partial charge in [-0.15, -0.1) is 0 Å². The number of amides is 1. The second kappa shape index (κ2) is 9.14. The number of nitrogens with one attached hydrogen (secondary N) is 2. The van der Waals surface area contributed by atoms with Crippen LogP contribution in [-0.4, -0.2) is 24.0 Å². The van der Waals surface area contributed by atoms with Gasteiger partial charge in [0.05, 0.1) is 5.56 Å². The maximum atomic E-state index is 13.3. The zero-order valence-electron chi connectivity index (χ0n) is 16.2. The van der Waals surface area contributed by atoms with Gasteiger partial charge in [-0.1, -0.05) is 0 Å². The van der Waals surface area contributed by atoms with Crippen LogP contribution in [0.25, 0.3) is 0 Å². The van der Waals surface area contributed by atoms with Crippen molar-refractivity contribution >= 4 is 28.8 Å². The van der Waals surface area contributed by atoms with E-state index in [4.69, 9.17) is 0 Å². The van der Waals surface area contributed by atoms with Crippen LogP contribution in [0.2, 0.25) is 0 Å². The number of pyridine rings is 1. The van der Waals surface area contributed by atoms with Crippen LogP contribution < -0.4 is 15.5 Å². The molecular weight excluding hydrogens is 374 g/mol. The standard InChI is InChI=1S/C22H22F2N4O/c1-3-28(4-2)18-9-6-16(7-10-18)27-22(29)15-5-12-21(25-14-15)26-17-8-11-19(23)20(24)13-17/h5-14H,3-4H2,1-2H3,(H,25,26)(H,27,29). The summed E-state index contributed by atoms with van der Waals surface area (Å²) in [5.41, 5.74) is 2.53. The fraction of sp³-hybridized carbons (Fsp3) is 0.182. The van der Waals surface area contributed by atoms with Gasteiger partial charge < -0.3 is 15.5 Å². The molecule has 0 saturated carbocycles. The molecule has 3 rings (SSSR count). The monoisotopic (exact) mass is 396 g/mol. The summed E-state index contributed by atoms with van der Waals surface area (Å²) >= 11 is 0. The van der Waals surface area contributed by atoms with Crippen molar-refractivity contribution in [3.8, 4) is 0 Å². The molecule has 1 aromatic heterocycles. The van der Waals surface area contributed by atoms with E-state index in [2.05, 4.69) is 34.4 Å². The Hall–Kier alpha value is -3.48.